The monoisotopic (exact) mass is 412 g/mol. The van der Waals surface area contributed by atoms with E-state index in [0.717, 1.165) is 22.4 Å². The molecule has 6 heteroatoms. The van der Waals surface area contributed by atoms with E-state index in [-0.39, 0.29) is 11.8 Å². The molecule has 0 radical (unpaired) electrons. The Labute approximate surface area is 174 Å². The van der Waals surface area contributed by atoms with Gasteiger partial charge in [0.1, 0.15) is 5.75 Å². The molecule has 3 nitrogen and oxygen atoms in total. The van der Waals surface area contributed by atoms with Gasteiger partial charge in [0, 0.05) is 5.69 Å². The Morgan fingerprint density at radius 3 is 2.17 bits per heavy atom. The minimum Gasteiger partial charge on any atom is -0.435 e. The van der Waals surface area contributed by atoms with Crippen LogP contribution in [0.5, 0.6) is 5.75 Å². The molecule has 0 bridgehead atoms. The number of hydrogen-bond donors (Lipinski definition) is 2. The van der Waals surface area contributed by atoms with Crippen LogP contribution in [0.15, 0.2) is 72.8 Å². The van der Waals surface area contributed by atoms with E-state index in [1.165, 1.54) is 17.7 Å². The number of benzene rings is 3. The molecular formula is C23H22F2N2OS. The quantitative estimate of drug-likeness (QED) is 0.488. The largest absolute Gasteiger partial charge is 0.435 e. The Balaban J connectivity index is 1.83. The number of hydrogen-bond acceptors (Lipinski definition) is 2. The number of ether oxygens (including phenoxy) is 1. The van der Waals surface area contributed by atoms with Crippen molar-refractivity contribution in [2.75, 3.05) is 5.32 Å². The fourth-order valence-corrected chi connectivity index (χ4v) is 3.25. The van der Waals surface area contributed by atoms with Crippen LogP contribution >= 0.6 is 12.2 Å². The zero-order chi connectivity index (χ0) is 20.8. The third-order valence-corrected chi connectivity index (χ3v) is 4.92. The van der Waals surface area contributed by atoms with Gasteiger partial charge >= 0.3 is 6.61 Å². The molecule has 3 rings (SSSR count). The molecule has 0 amide bonds. The summed E-state index contributed by atoms with van der Waals surface area (Å²) in [4.78, 5) is 0. The van der Waals surface area contributed by atoms with Crippen molar-refractivity contribution in [3.8, 4) is 5.75 Å². The van der Waals surface area contributed by atoms with Crippen LogP contribution in [0.3, 0.4) is 0 Å². The summed E-state index contributed by atoms with van der Waals surface area (Å²) in [6, 6.07) is 22.1. The number of alkyl halides is 2. The van der Waals surface area contributed by atoms with E-state index >= 15 is 0 Å². The molecule has 0 fully saturated rings. The Kier molecular flexibility index (Phi) is 6.77. The van der Waals surface area contributed by atoms with Gasteiger partial charge in [-0.05, 0) is 66.5 Å². The van der Waals surface area contributed by atoms with Crippen LogP contribution in [0.25, 0.3) is 0 Å². The highest BCUT2D eigenvalue weighted by Gasteiger charge is 2.16. The Morgan fingerprint density at radius 1 is 0.862 bits per heavy atom. The zero-order valence-electron chi connectivity index (χ0n) is 16.2. The normalized spacial score (nSPS) is 11.8. The SMILES string of the molecule is Cc1cccc(NC(=S)N[C@@H](c2ccccc2)c2ccc(OC(F)F)cc2)c1C. The van der Waals surface area contributed by atoms with Crippen LogP contribution in [0.4, 0.5) is 14.5 Å². The van der Waals surface area contributed by atoms with Crippen molar-refractivity contribution in [3.63, 3.8) is 0 Å². The Hall–Kier alpha value is -2.99. The number of nitrogens with one attached hydrogen (secondary N) is 2. The van der Waals surface area contributed by atoms with Crippen LogP contribution in [0.2, 0.25) is 0 Å². The van der Waals surface area contributed by atoms with Crippen molar-refractivity contribution in [2.24, 2.45) is 0 Å². The van der Waals surface area contributed by atoms with Crippen molar-refractivity contribution in [1.29, 1.82) is 0 Å². The van der Waals surface area contributed by atoms with Gasteiger partial charge in [0.15, 0.2) is 5.11 Å². The molecule has 0 heterocycles. The molecule has 0 aromatic heterocycles. The summed E-state index contributed by atoms with van der Waals surface area (Å²) >= 11 is 5.55. The summed E-state index contributed by atoms with van der Waals surface area (Å²) in [5.74, 6) is 0.117. The summed E-state index contributed by atoms with van der Waals surface area (Å²) in [6.45, 7) is 1.24. The maximum Gasteiger partial charge on any atom is 0.387 e. The van der Waals surface area contributed by atoms with Gasteiger partial charge in [0.25, 0.3) is 0 Å². The van der Waals surface area contributed by atoms with E-state index < -0.39 is 6.61 Å². The maximum absolute atomic E-state index is 12.4. The van der Waals surface area contributed by atoms with E-state index in [1.54, 1.807) is 12.1 Å². The third-order valence-electron chi connectivity index (χ3n) is 4.70. The van der Waals surface area contributed by atoms with Gasteiger partial charge in [-0.1, -0.05) is 54.6 Å². The first kappa shape index (κ1) is 20.7. The molecular weight excluding hydrogens is 390 g/mol. The molecule has 0 saturated carbocycles. The lowest BCUT2D eigenvalue weighted by molar-refractivity contribution is -0.0498. The predicted octanol–water partition coefficient (Wildman–Crippen LogP) is 5.98. The second-order valence-electron chi connectivity index (χ2n) is 6.64. The van der Waals surface area contributed by atoms with Crippen molar-refractivity contribution in [1.82, 2.24) is 5.32 Å². The number of anilines is 1. The highest BCUT2D eigenvalue weighted by molar-refractivity contribution is 7.80. The molecule has 0 aliphatic rings. The van der Waals surface area contributed by atoms with Gasteiger partial charge in [-0.3, -0.25) is 0 Å². The minimum absolute atomic E-state index is 0.117. The standard InChI is InChI=1S/C23H22F2N2OS/c1-15-7-6-10-20(16(15)2)26-23(29)27-21(17-8-4-3-5-9-17)18-11-13-19(14-12-18)28-22(24)25/h3-14,21-22H,1-2H3,(H2,26,27,29)/t21-/m0/s1. The number of thiocarbonyl (C=S) groups is 1. The Morgan fingerprint density at radius 2 is 1.52 bits per heavy atom. The topological polar surface area (TPSA) is 33.3 Å². The lowest BCUT2D eigenvalue weighted by Crippen LogP contribution is -2.33. The molecule has 1 atom stereocenters. The fraction of sp³-hybridized carbons (Fsp3) is 0.174. The van der Waals surface area contributed by atoms with Crippen LogP contribution in [-0.2, 0) is 0 Å². The van der Waals surface area contributed by atoms with Gasteiger partial charge in [0.05, 0.1) is 6.04 Å². The molecule has 29 heavy (non-hydrogen) atoms. The highest BCUT2D eigenvalue weighted by Crippen LogP contribution is 2.25. The second-order valence-corrected chi connectivity index (χ2v) is 7.05. The van der Waals surface area contributed by atoms with Gasteiger partial charge in [-0.15, -0.1) is 0 Å². The predicted molar refractivity (Wildman–Crippen MR) is 117 cm³/mol. The first-order valence-electron chi connectivity index (χ1n) is 9.17. The highest BCUT2D eigenvalue weighted by atomic mass is 32.1. The van der Waals surface area contributed by atoms with Gasteiger partial charge in [-0.25, -0.2) is 0 Å². The summed E-state index contributed by atoms with van der Waals surface area (Å²) in [6.07, 6.45) is 0. The maximum atomic E-state index is 12.4. The smallest absolute Gasteiger partial charge is 0.387 e. The number of rotatable bonds is 6. The summed E-state index contributed by atoms with van der Waals surface area (Å²) < 4.78 is 29.3. The average molecular weight is 413 g/mol. The van der Waals surface area contributed by atoms with Crippen molar-refractivity contribution in [3.05, 3.63) is 95.1 Å². The first-order valence-corrected chi connectivity index (χ1v) is 9.58. The molecule has 3 aromatic carbocycles. The van der Waals surface area contributed by atoms with Crippen molar-refractivity contribution < 1.29 is 13.5 Å². The molecule has 0 aliphatic heterocycles. The zero-order valence-corrected chi connectivity index (χ0v) is 17.0. The third kappa shape index (κ3) is 5.51. The van der Waals surface area contributed by atoms with Gasteiger partial charge in [-0.2, -0.15) is 8.78 Å². The van der Waals surface area contributed by atoms with E-state index in [9.17, 15) is 8.78 Å². The lowest BCUT2D eigenvalue weighted by atomic mass is 9.99. The molecule has 0 unspecified atom stereocenters. The van der Waals surface area contributed by atoms with Crippen molar-refractivity contribution in [2.45, 2.75) is 26.5 Å². The average Bonchev–Trinajstić information content (AvgIpc) is 2.71. The summed E-state index contributed by atoms with van der Waals surface area (Å²) in [7, 11) is 0. The Bertz CT molecular complexity index is 962. The second kappa shape index (κ2) is 9.47. The van der Waals surface area contributed by atoms with E-state index in [2.05, 4.69) is 15.4 Å². The van der Waals surface area contributed by atoms with E-state index in [1.807, 2.05) is 62.4 Å². The molecule has 0 spiro atoms. The van der Waals surface area contributed by atoms with Gasteiger partial charge < -0.3 is 15.4 Å². The molecule has 2 N–H and O–H groups in total. The van der Waals surface area contributed by atoms with Crippen LogP contribution < -0.4 is 15.4 Å². The number of aryl methyl sites for hydroxylation is 1. The summed E-state index contributed by atoms with van der Waals surface area (Å²) in [5.41, 5.74) is 5.12. The molecule has 0 aliphatic carbocycles. The number of halogens is 2. The van der Waals surface area contributed by atoms with Crippen LogP contribution in [0.1, 0.15) is 28.3 Å². The lowest BCUT2D eigenvalue weighted by Gasteiger charge is -2.23. The fourth-order valence-electron chi connectivity index (χ4n) is 3.02. The molecule has 3 aromatic rings. The van der Waals surface area contributed by atoms with Crippen LogP contribution in [0, 0.1) is 13.8 Å². The minimum atomic E-state index is -2.85. The summed E-state index contributed by atoms with van der Waals surface area (Å²) in [5, 5.41) is 7.06. The van der Waals surface area contributed by atoms with Crippen LogP contribution in [-0.4, -0.2) is 11.7 Å². The van der Waals surface area contributed by atoms with E-state index in [4.69, 9.17) is 12.2 Å². The van der Waals surface area contributed by atoms with Gasteiger partial charge in [0.2, 0.25) is 0 Å². The van der Waals surface area contributed by atoms with E-state index in [0.29, 0.717) is 5.11 Å². The first-order chi connectivity index (χ1) is 13.9. The van der Waals surface area contributed by atoms with Crippen molar-refractivity contribution >= 4 is 23.0 Å². The molecule has 0 saturated heterocycles. The molecule has 150 valence electrons.